The molecular formula is C10H10N2O3. The molecule has 0 saturated heterocycles. The first kappa shape index (κ1) is 9.51. The third kappa shape index (κ3) is 1.52. The molecule has 0 spiro atoms. The van der Waals surface area contributed by atoms with E-state index in [1.54, 1.807) is 16.9 Å². The van der Waals surface area contributed by atoms with E-state index in [2.05, 4.69) is 5.10 Å². The van der Waals surface area contributed by atoms with E-state index in [1.807, 2.05) is 14.0 Å². The summed E-state index contributed by atoms with van der Waals surface area (Å²) in [4.78, 5) is 10.6. The Morgan fingerprint density at radius 3 is 2.73 bits per heavy atom. The molecule has 2 aromatic heterocycles. The lowest BCUT2D eigenvalue weighted by atomic mass is 10.2. The monoisotopic (exact) mass is 206 g/mol. The summed E-state index contributed by atoms with van der Waals surface area (Å²) < 4.78 is 6.88. The summed E-state index contributed by atoms with van der Waals surface area (Å²) in [5.41, 5.74) is 1.74. The standard InChI is InChI=1S/C10H10N2O3/c1-6-7(5-11-12(6)2)8-3-4-9(15-8)10(13)14/h3-5H,1-2H3,(H,13,14). The molecule has 0 radical (unpaired) electrons. The largest absolute Gasteiger partial charge is 0.475 e. The van der Waals surface area contributed by atoms with E-state index < -0.39 is 5.97 Å². The molecular weight excluding hydrogens is 196 g/mol. The fraction of sp³-hybridized carbons (Fsp3) is 0.200. The number of aryl methyl sites for hydroxylation is 1. The van der Waals surface area contributed by atoms with E-state index in [-0.39, 0.29) is 5.76 Å². The summed E-state index contributed by atoms with van der Waals surface area (Å²) >= 11 is 0. The lowest BCUT2D eigenvalue weighted by Gasteiger charge is -1.95. The minimum Gasteiger partial charge on any atom is -0.475 e. The van der Waals surface area contributed by atoms with Crippen molar-refractivity contribution < 1.29 is 14.3 Å². The molecule has 0 saturated carbocycles. The lowest BCUT2D eigenvalue weighted by Crippen LogP contribution is -1.92. The number of furan rings is 1. The van der Waals surface area contributed by atoms with Gasteiger partial charge in [-0.05, 0) is 19.1 Å². The second-order valence-corrected chi connectivity index (χ2v) is 3.24. The summed E-state index contributed by atoms with van der Waals surface area (Å²) in [6, 6.07) is 3.07. The highest BCUT2D eigenvalue weighted by molar-refractivity contribution is 5.85. The average molecular weight is 206 g/mol. The van der Waals surface area contributed by atoms with Crippen LogP contribution in [0.4, 0.5) is 0 Å². The van der Waals surface area contributed by atoms with Gasteiger partial charge in [-0.25, -0.2) is 4.79 Å². The van der Waals surface area contributed by atoms with Gasteiger partial charge >= 0.3 is 5.97 Å². The first-order valence-electron chi connectivity index (χ1n) is 4.41. The molecule has 0 aliphatic carbocycles. The lowest BCUT2D eigenvalue weighted by molar-refractivity contribution is 0.0663. The Labute approximate surface area is 85.9 Å². The molecule has 0 amide bonds. The van der Waals surface area contributed by atoms with E-state index in [0.29, 0.717) is 5.76 Å². The summed E-state index contributed by atoms with van der Waals surface area (Å²) in [7, 11) is 1.82. The van der Waals surface area contributed by atoms with E-state index >= 15 is 0 Å². The van der Waals surface area contributed by atoms with E-state index in [9.17, 15) is 4.79 Å². The van der Waals surface area contributed by atoms with Gasteiger partial charge in [-0.2, -0.15) is 5.10 Å². The fourth-order valence-corrected chi connectivity index (χ4v) is 1.34. The van der Waals surface area contributed by atoms with Gasteiger partial charge in [0.1, 0.15) is 5.76 Å². The Morgan fingerprint density at radius 1 is 1.53 bits per heavy atom. The minimum atomic E-state index is -1.07. The Hall–Kier alpha value is -2.04. The Bertz CT molecular complexity index is 510. The van der Waals surface area contributed by atoms with Crippen LogP contribution in [0.1, 0.15) is 16.2 Å². The molecule has 0 aliphatic heterocycles. The van der Waals surface area contributed by atoms with Crippen LogP contribution in [0.2, 0.25) is 0 Å². The second-order valence-electron chi connectivity index (χ2n) is 3.24. The van der Waals surface area contributed by atoms with Crippen LogP contribution in [0.25, 0.3) is 11.3 Å². The van der Waals surface area contributed by atoms with Crippen molar-refractivity contribution in [3.8, 4) is 11.3 Å². The van der Waals surface area contributed by atoms with Crippen LogP contribution in [-0.2, 0) is 7.05 Å². The van der Waals surface area contributed by atoms with Crippen molar-refractivity contribution in [3.63, 3.8) is 0 Å². The zero-order valence-corrected chi connectivity index (χ0v) is 8.39. The van der Waals surface area contributed by atoms with Crippen molar-refractivity contribution in [2.75, 3.05) is 0 Å². The maximum Gasteiger partial charge on any atom is 0.371 e. The van der Waals surface area contributed by atoms with Gasteiger partial charge in [-0.1, -0.05) is 0 Å². The Kier molecular flexibility index (Phi) is 2.07. The van der Waals surface area contributed by atoms with Crippen LogP contribution in [0.5, 0.6) is 0 Å². The number of aromatic nitrogens is 2. The highest BCUT2D eigenvalue weighted by Gasteiger charge is 2.13. The molecule has 2 rings (SSSR count). The summed E-state index contributed by atoms with van der Waals surface area (Å²) in [6.07, 6.45) is 1.65. The summed E-state index contributed by atoms with van der Waals surface area (Å²) in [5, 5.41) is 12.8. The van der Waals surface area contributed by atoms with Gasteiger partial charge in [0.2, 0.25) is 5.76 Å². The third-order valence-electron chi connectivity index (χ3n) is 2.32. The van der Waals surface area contributed by atoms with Gasteiger partial charge < -0.3 is 9.52 Å². The van der Waals surface area contributed by atoms with E-state index in [4.69, 9.17) is 9.52 Å². The number of carboxylic acids is 1. The fourth-order valence-electron chi connectivity index (χ4n) is 1.34. The van der Waals surface area contributed by atoms with Crippen LogP contribution in [0.15, 0.2) is 22.7 Å². The molecule has 78 valence electrons. The molecule has 2 aromatic rings. The third-order valence-corrected chi connectivity index (χ3v) is 2.32. The second kappa shape index (κ2) is 3.27. The van der Waals surface area contributed by atoms with Crippen LogP contribution in [0, 0.1) is 6.92 Å². The van der Waals surface area contributed by atoms with Gasteiger partial charge in [-0.15, -0.1) is 0 Å². The van der Waals surface area contributed by atoms with Gasteiger partial charge in [0, 0.05) is 12.7 Å². The van der Waals surface area contributed by atoms with Crippen LogP contribution >= 0.6 is 0 Å². The molecule has 0 aromatic carbocycles. The predicted molar refractivity (Wildman–Crippen MR) is 52.6 cm³/mol. The summed E-state index contributed by atoms with van der Waals surface area (Å²) in [5.74, 6) is -0.603. The number of carboxylic acid groups (broad SMARTS) is 1. The van der Waals surface area contributed by atoms with Crippen molar-refractivity contribution in [2.45, 2.75) is 6.92 Å². The first-order chi connectivity index (χ1) is 7.09. The van der Waals surface area contributed by atoms with E-state index in [0.717, 1.165) is 11.3 Å². The highest BCUT2D eigenvalue weighted by atomic mass is 16.4. The predicted octanol–water partition coefficient (Wildman–Crippen LogP) is 1.69. The summed E-state index contributed by atoms with van der Waals surface area (Å²) in [6.45, 7) is 1.89. The SMILES string of the molecule is Cc1c(-c2ccc(C(=O)O)o2)cnn1C. The van der Waals surface area contributed by atoms with Gasteiger partial charge in [0.15, 0.2) is 0 Å². The smallest absolute Gasteiger partial charge is 0.371 e. The first-order valence-corrected chi connectivity index (χ1v) is 4.41. The van der Waals surface area contributed by atoms with Crippen molar-refractivity contribution in [1.29, 1.82) is 0 Å². The van der Waals surface area contributed by atoms with Gasteiger partial charge in [0.05, 0.1) is 11.8 Å². The molecule has 0 bridgehead atoms. The molecule has 5 heteroatoms. The molecule has 1 N–H and O–H groups in total. The zero-order chi connectivity index (χ0) is 11.0. The number of aromatic carboxylic acids is 1. The number of rotatable bonds is 2. The zero-order valence-electron chi connectivity index (χ0n) is 8.39. The maximum absolute atomic E-state index is 10.6. The van der Waals surface area contributed by atoms with Crippen molar-refractivity contribution in [2.24, 2.45) is 7.05 Å². The highest BCUT2D eigenvalue weighted by Crippen LogP contribution is 2.24. The quantitative estimate of drug-likeness (QED) is 0.811. The van der Waals surface area contributed by atoms with Crippen molar-refractivity contribution >= 4 is 5.97 Å². The number of hydrogen-bond donors (Lipinski definition) is 1. The number of carbonyl (C=O) groups is 1. The normalized spacial score (nSPS) is 10.5. The number of hydrogen-bond acceptors (Lipinski definition) is 3. The number of nitrogens with zero attached hydrogens (tertiary/aromatic N) is 2. The van der Waals surface area contributed by atoms with Crippen LogP contribution < -0.4 is 0 Å². The molecule has 0 unspecified atom stereocenters. The molecule has 0 fully saturated rings. The van der Waals surface area contributed by atoms with Crippen LogP contribution in [-0.4, -0.2) is 20.9 Å². The Morgan fingerprint density at radius 2 is 2.27 bits per heavy atom. The molecule has 0 atom stereocenters. The molecule has 5 nitrogen and oxygen atoms in total. The van der Waals surface area contributed by atoms with Gasteiger partial charge in [0.25, 0.3) is 0 Å². The average Bonchev–Trinajstić information content (AvgIpc) is 2.76. The van der Waals surface area contributed by atoms with Crippen molar-refractivity contribution in [3.05, 3.63) is 29.8 Å². The topological polar surface area (TPSA) is 68.3 Å². The Balaban J connectivity index is 2.46. The van der Waals surface area contributed by atoms with E-state index in [1.165, 1.54) is 6.07 Å². The molecule has 0 aliphatic rings. The maximum atomic E-state index is 10.6. The molecule has 2 heterocycles. The van der Waals surface area contributed by atoms with Crippen LogP contribution in [0.3, 0.4) is 0 Å². The van der Waals surface area contributed by atoms with Gasteiger partial charge in [-0.3, -0.25) is 4.68 Å². The minimum absolute atomic E-state index is 0.0618. The van der Waals surface area contributed by atoms with Crippen molar-refractivity contribution in [1.82, 2.24) is 9.78 Å². The molecule has 15 heavy (non-hydrogen) atoms.